The van der Waals surface area contributed by atoms with Crippen molar-refractivity contribution in [3.63, 3.8) is 0 Å². The van der Waals surface area contributed by atoms with Crippen LogP contribution in [0.1, 0.15) is 17.0 Å². The molecule has 0 saturated carbocycles. The van der Waals surface area contributed by atoms with Gasteiger partial charge in [-0.2, -0.15) is 9.50 Å². The van der Waals surface area contributed by atoms with E-state index in [4.69, 9.17) is 9.47 Å². The SMILES string of the molecule is COc1ccc(C=Cc2nc3sc(=Cc4ccccc4)c(=O)n3n2)cc1OC. The van der Waals surface area contributed by atoms with E-state index in [0.29, 0.717) is 26.8 Å². The van der Waals surface area contributed by atoms with Gasteiger partial charge in [0.25, 0.3) is 5.56 Å². The second-order valence-corrected chi connectivity index (χ2v) is 6.95. The van der Waals surface area contributed by atoms with Crippen molar-refractivity contribution in [2.75, 3.05) is 14.2 Å². The molecule has 0 aliphatic rings. The Morgan fingerprint density at radius 2 is 1.75 bits per heavy atom. The van der Waals surface area contributed by atoms with E-state index >= 15 is 0 Å². The number of ether oxygens (including phenoxy) is 2. The molecule has 0 atom stereocenters. The molecule has 0 fully saturated rings. The number of fused-ring (bicyclic) bond motifs is 1. The number of thiazole rings is 1. The molecule has 0 saturated heterocycles. The predicted octanol–water partition coefficient (Wildman–Crippen LogP) is 2.89. The summed E-state index contributed by atoms with van der Waals surface area (Å²) in [4.78, 5) is 17.6. The van der Waals surface area contributed by atoms with Gasteiger partial charge in [0.1, 0.15) is 0 Å². The summed E-state index contributed by atoms with van der Waals surface area (Å²) >= 11 is 1.32. The van der Waals surface area contributed by atoms with Gasteiger partial charge in [-0.05, 0) is 35.4 Å². The number of hydrogen-bond donors (Lipinski definition) is 0. The van der Waals surface area contributed by atoms with Crippen LogP contribution in [0.25, 0.3) is 23.2 Å². The maximum absolute atomic E-state index is 12.6. The number of rotatable bonds is 5. The van der Waals surface area contributed by atoms with Crippen molar-refractivity contribution < 1.29 is 9.47 Å². The van der Waals surface area contributed by atoms with E-state index in [1.165, 1.54) is 15.9 Å². The highest BCUT2D eigenvalue weighted by Gasteiger charge is 2.09. The van der Waals surface area contributed by atoms with Crippen molar-refractivity contribution in [1.29, 1.82) is 0 Å². The van der Waals surface area contributed by atoms with Gasteiger partial charge < -0.3 is 9.47 Å². The zero-order valence-corrected chi connectivity index (χ0v) is 16.1. The zero-order chi connectivity index (χ0) is 19.5. The Kier molecular flexibility index (Phi) is 4.90. The normalized spacial score (nSPS) is 12.1. The molecule has 0 bridgehead atoms. The summed E-state index contributed by atoms with van der Waals surface area (Å²) in [6.07, 6.45) is 5.48. The minimum atomic E-state index is -0.165. The van der Waals surface area contributed by atoms with E-state index in [9.17, 15) is 4.79 Å². The molecule has 4 aromatic rings. The van der Waals surface area contributed by atoms with Crippen LogP contribution in [-0.2, 0) is 0 Å². The van der Waals surface area contributed by atoms with Crippen LogP contribution in [0.2, 0.25) is 0 Å². The fraction of sp³-hybridized carbons (Fsp3) is 0.0952. The van der Waals surface area contributed by atoms with Crippen molar-refractivity contribution in [3.8, 4) is 11.5 Å². The van der Waals surface area contributed by atoms with Crippen LogP contribution in [-0.4, -0.2) is 28.8 Å². The first-order valence-electron chi connectivity index (χ1n) is 8.54. The van der Waals surface area contributed by atoms with Crippen molar-refractivity contribution in [1.82, 2.24) is 14.6 Å². The van der Waals surface area contributed by atoms with Gasteiger partial charge in [0, 0.05) is 0 Å². The zero-order valence-electron chi connectivity index (χ0n) is 15.3. The van der Waals surface area contributed by atoms with E-state index in [-0.39, 0.29) is 5.56 Å². The Labute approximate surface area is 165 Å². The monoisotopic (exact) mass is 391 g/mol. The molecular formula is C21H17N3O3S. The molecule has 0 unspecified atom stereocenters. The highest BCUT2D eigenvalue weighted by atomic mass is 32.1. The van der Waals surface area contributed by atoms with Crippen LogP contribution < -0.4 is 19.6 Å². The average Bonchev–Trinajstić information content (AvgIpc) is 3.26. The summed E-state index contributed by atoms with van der Waals surface area (Å²) in [5.74, 6) is 1.79. The van der Waals surface area contributed by atoms with Crippen molar-refractivity contribution >= 4 is 34.5 Å². The lowest BCUT2D eigenvalue weighted by Gasteiger charge is -2.07. The summed E-state index contributed by atoms with van der Waals surface area (Å²) in [5, 5.41) is 4.31. The van der Waals surface area contributed by atoms with Gasteiger partial charge in [-0.25, -0.2) is 0 Å². The largest absolute Gasteiger partial charge is 0.493 e. The van der Waals surface area contributed by atoms with Crippen LogP contribution in [0.15, 0.2) is 53.3 Å². The topological polar surface area (TPSA) is 65.7 Å². The summed E-state index contributed by atoms with van der Waals surface area (Å²) in [7, 11) is 3.19. The number of aromatic nitrogens is 3. The standard InChI is InChI=1S/C21H17N3O3S/c1-26-16-10-8-15(12-17(16)27-2)9-11-19-22-21-24(23-19)20(25)18(28-21)13-14-6-4-3-5-7-14/h3-13H,1-2H3. The highest BCUT2D eigenvalue weighted by Crippen LogP contribution is 2.28. The molecule has 2 heterocycles. The van der Waals surface area contributed by atoms with Crippen molar-refractivity contribution in [2.24, 2.45) is 0 Å². The lowest BCUT2D eigenvalue weighted by atomic mass is 10.2. The maximum atomic E-state index is 12.6. The quantitative estimate of drug-likeness (QED) is 0.523. The molecule has 6 nitrogen and oxygen atoms in total. The molecule has 0 aliphatic heterocycles. The molecule has 0 amide bonds. The van der Waals surface area contributed by atoms with E-state index in [1.807, 2.05) is 60.7 Å². The second-order valence-electron chi connectivity index (χ2n) is 5.94. The van der Waals surface area contributed by atoms with Gasteiger partial charge in [-0.15, -0.1) is 5.10 Å². The molecule has 0 aliphatic carbocycles. The lowest BCUT2D eigenvalue weighted by molar-refractivity contribution is 0.355. The minimum absolute atomic E-state index is 0.165. The van der Waals surface area contributed by atoms with Crippen LogP contribution >= 0.6 is 11.3 Å². The number of methoxy groups -OCH3 is 2. The molecule has 140 valence electrons. The fourth-order valence-corrected chi connectivity index (χ4v) is 3.66. The second kappa shape index (κ2) is 7.66. The molecule has 2 aromatic heterocycles. The minimum Gasteiger partial charge on any atom is -0.493 e. The van der Waals surface area contributed by atoms with Crippen LogP contribution in [0.5, 0.6) is 11.5 Å². The molecule has 0 radical (unpaired) electrons. The maximum Gasteiger partial charge on any atom is 0.291 e. The Bertz CT molecular complexity index is 1260. The summed E-state index contributed by atoms with van der Waals surface area (Å²) in [5.41, 5.74) is 1.72. The molecule has 0 N–H and O–H groups in total. The molecule has 28 heavy (non-hydrogen) atoms. The van der Waals surface area contributed by atoms with E-state index in [0.717, 1.165) is 11.1 Å². The number of nitrogens with zero attached hydrogens (tertiary/aromatic N) is 3. The van der Waals surface area contributed by atoms with Crippen molar-refractivity contribution in [3.05, 3.63) is 80.4 Å². The molecule has 0 spiro atoms. The highest BCUT2D eigenvalue weighted by molar-refractivity contribution is 7.15. The summed E-state index contributed by atoms with van der Waals surface area (Å²) in [6.45, 7) is 0. The van der Waals surface area contributed by atoms with Gasteiger partial charge in [-0.1, -0.05) is 53.8 Å². The van der Waals surface area contributed by atoms with Gasteiger partial charge >= 0.3 is 0 Å². The summed E-state index contributed by atoms with van der Waals surface area (Å²) < 4.78 is 12.5. The predicted molar refractivity (Wildman–Crippen MR) is 111 cm³/mol. The van der Waals surface area contributed by atoms with Gasteiger partial charge in [0.05, 0.1) is 18.8 Å². The Balaban J connectivity index is 1.64. The van der Waals surface area contributed by atoms with Gasteiger partial charge in [0.2, 0.25) is 4.96 Å². The summed E-state index contributed by atoms with van der Waals surface area (Å²) in [6, 6.07) is 15.3. The number of benzene rings is 2. The third-order valence-corrected chi connectivity index (χ3v) is 5.09. The third kappa shape index (κ3) is 3.52. The van der Waals surface area contributed by atoms with Gasteiger partial charge in [0.15, 0.2) is 17.3 Å². The smallest absolute Gasteiger partial charge is 0.291 e. The average molecular weight is 391 g/mol. The Morgan fingerprint density at radius 3 is 2.46 bits per heavy atom. The first kappa shape index (κ1) is 17.9. The Hall–Kier alpha value is -3.45. The Morgan fingerprint density at radius 1 is 0.964 bits per heavy atom. The first-order chi connectivity index (χ1) is 13.7. The third-order valence-electron chi connectivity index (χ3n) is 4.13. The number of hydrogen-bond acceptors (Lipinski definition) is 6. The lowest BCUT2D eigenvalue weighted by Crippen LogP contribution is -2.23. The van der Waals surface area contributed by atoms with E-state index in [2.05, 4.69) is 10.1 Å². The fourth-order valence-electron chi connectivity index (χ4n) is 2.75. The van der Waals surface area contributed by atoms with E-state index in [1.54, 1.807) is 20.3 Å². The molecule has 4 rings (SSSR count). The molecule has 2 aromatic carbocycles. The van der Waals surface area contributed by atoms with E-state index < -0.39 is 0 Å². The van der Waals surface area contributed by atoms with Crippen LogP contribution in [0, 0.1) is 0 Å². The van der Waals surface area contributed by atoms with Crippen molar-refractivity contribution in [2.45, 2.75) is 0 Å². The van der Waals surface area contributed by atoms with Gasteiger partial charge in [-0.3, -0.25) is 4.79 Å². The van der Waals surface area contributed by atoms with Crippen LogP contribution in [0.3, 0.4) is 0 Å². The van der Waals surface area contributed by atoms with Crippen LogP contribution in [0.4, 0.5) is 0 Å². The molecular weight excluding hydrogens is 374 g/mol. The first-order valence-corrected chi connectivity index (χ1v) is 9.36. The molecule has 7 heteroatoms.